The van der Waals surface area contributed by atoms with Crippen molar-refractivity contribution >= 4 is 16.6 Å². The minimum absolute atomic E-state index is 0.178. The molecule has 112 valence electrons. The largest absolute Gasteiger partial charge is 0.497 e. The van der Waals surface area contributed by atoms with Crippen molar-refractivity contribution in [2.75, 3.05) is 7.11 Å². The molecular formula is C21H16O2. The van der Waals surface area contributed by atoms with Gasteiger partial charge >= 0.3 is 0 Å². The third-order valence-electron chi connectivity index (χ3n) is 3.68. The molecule has 3 aromatic carbocycles. The molecule has 0 aliphatic carbocycles. The van der Waals surface area contributed by atoms with Crippen LogP contribution in [0.1, 0.15) is 21.5 Å². The average Bonchev–Trinajstić information content (AvgIpc) is 2.60. The zero-order valence-corrected chi connectivity index (χ0v) is 13.1. The summed E-state index contributed by atoms with van der Waals surface area (Å²) in [6.45, 7) is 2.02. The lowest BCUT2D eigenvalue weighted by molar-refractivity contribution is 0.105. The van der Waals surface area contributed by atoms with E-state index in [0.717, 1.165) is 22.1 Å². The smallest absolute Gasteiger partial charge is 0.236 e. The van der Waals surface area contributed by atoms with Crippen molar-refractivity contribution in [2.24, 2.45) is 0 Å². The summed E-state index contributed by atoms with van der Waals surface area (Å²) < 4.78 is 5.21. The third-order valence-corrected chi connectivity index (χ3v) is 3.68. The monoisotopic (exact) mass is 300 g/mol. The first-order chi connectivity index (χ1) is 11.2. The van der Waals surface area contributed by atoms with Crippen LogP contribution in [0.3, 0.4) is 0 Å². The maximum absolute atomic E-state index is 12.3. The summed E-state index contributed by atoms with van der Waals surface area (Å²) in [7, 11) is 1.64. The second-order valence-corrected chi connectivity index (χ2v) is 5.37. The lowest BCUT2D eigenvalue weighted by Gasteiger charge is -2.03. The number of hydrogen-bond donors (Lipinski definition) is 0. The minimum atomic E-state index is -0.178. The molecule has 0 bridgehead atoms. The molecule has 23 heavy (non-hydrogen) atoms. The third kappa shape index (κ3) is 3.41. The molecule has 0 N–H and O–H groups in total. The van der Waals surface area contributed by atoms with E-state index in [4.69, 9.17) is 4.74 Å². The minimum Gasteiger partial charge on any atom is -0.497 e. The Hall–Kier alpha value is -3.05. The van der Waals surface area contributed by atoms with Gasteiger partial charge in [0, 0.05) is 11.1 Å². The van der Waals surface area contributed by atoms with Gasteiger partial charge in [-0.1, -0.05) is 35.7 Å². The van der Waals surface area contributed by atoms with Gasteiger partial charge in [-0.05, 0) is 60.0 Å². The van der Waals surface area contributed by atoms with Crippen LogP contribution in [0.25, 0.3) is 10.8 Å². The van der Waals surface area contributed by atoms with Gasteiger partial charge in [-0.3, -0.25) is 4.79 Å². The number of benzene rings is 3. The molecule has 3 rings (SSSR count). The molecule has 3 aromatic rings. The second-order valence-electron chi connectivity index (χ2n) is 5.37. The highest BCUT2D eigenvalue weighted by atomic mass is 16.5. The standard InChI is InChI=1S/C21H16O2/c1-15-3-5-16(6-4-15)7-12-21(22)19-9-8-18-14-20(23-2)11-10-17(18)13-19/h3-6,8-11,13-14H,1-2H3. The number of carbonyl (C=O) groups excluding carboxylic acids is 1. The summed E-state index contributed by atoms with van der Waals surface area (Å²) in [4.78, 5) is 12.3. The first kappa shape index (κ1) is 14.9. The Kier molecular flexibility index (Phi) is 4.12. The molecule has 0 aromatic heterocycles. The molecule has 2 nitrogen and oxygen atoms in total. The molecule has 0 amide bonds. The SMILES string of the molecule is COc1ccc2cc(C(=O)C#Cc3ccc(C)cc3)ccc2c1. The van der Waals surface area contributed by atoms with Crippen molar-refractivity contribution in [1.29, 1.82) is 0 Å². The van der Waals surface area contributed by atoms with E-state index < -0.39 is 0 Å². The van der Waals surface area contributed by atoms with Gasteiger partial charge in [0.1, 0.15) is 5.75 Å². The number of aryl methyl sites for hydroxylation is 1. The highest BCUT2D eigenvalue weighted by Crippen LogP contribution is 2.22. The van der Waals surface area contributed by atoms with Crippen molar-refractivity contribution in [1.82, 2.24) is 0 Å². The van der Waals surface area contributed by atoms with Gasteiger partial charge in [-0.25, -0.2) is 0 Å². The van der Waals surface area contributed by atoms with Crippen LogP contribution in [-0.2, 0) is 0 Å². The Labute approximate surface area is 135 Å². The van der Waals surface area contributed by atoms with Crippen LogP contribution >= 0.6 is 0 Å². The van der Waals surface area contributed by atoms with Crippen LogP contribution in [0.2, 0.25) is 0 Å². The van der Waals surface area contributed by atoms with E-state index in [1.807, 2.05) is 61.5 Å². The van der Waals surface area contributed by atoms with Crippen molar-refractivity contribution < 1.29 is 9.53 Å². The van der Waals surface area contributed by atoms with Gasteiger partial charge < -0.3 is 4.74 Å². The number of fused-ring (bicyclic) bond motifs is 1. The molecule has 0 fully saturated rings. The van der Waals surface area contributed by atoms with E-state index in [9.17, 15) is 4.79 Å². The van der Waals surface area contributed by atoms with Crippen LogP contribution in [0.15, 0.2) is 60.7 Å². The van der Waals surface area contributed by atoms with Gasteiger partial charge in [0.15, 0.2) is 0 Å². The predicted octanol–water partition coefficient (Wildman–Crippen LogP) is 4.39. The van der Waals surface area contributed by atoms with Gasteiger partial charge in [0.05, 0.1) is 7.11 Å². The summed E-state index contributed by atoms with van der Waals surface area (Å²) in [5, 5.41) is 2.03. The fourth-order valence-electron chi connectivity index (χ4n) is 2.33. The van der Waals surface area contributed by atoms with Gasteiger partial charge in [-0.2, -0.15) is 0 Å². The lowest BCUT2D eigenvalue weighted by atomic mass is 10.0. The van der Waals surface area contributed by atoms with Gasteiger partial charge in [-0.15, -0.1) is 0 Å². The quantitative estimate of drug-likeness (QED) is 0.518. The first-order valence-corrected chi connectivity index (χ1v) is 7.36. The maximum Gasteiger partial charge on any atom is 0.236 e. The van der Waals surface area contributed by atoms with Crippen LogP contribution in [0, 0.1) is 18.8 Å². The molecule has 0 spiro atoms. The van der Waals surface area contributed by atoms with Crippen LogP contribution < -0.4 is 4.74 Å². The van der Waals surface area contributed by atoms with E-state index in [1.54, 1.807) is 13.2 Å². The first-order valence-electron chi connectivity index (χ1n) is 7.36. The zero-order chi connectivity index (χ0) is 16.2. The maximum atomic E-state index is 12.3. The Morgan fingerprint density at radius 1 is 0.913 bits per heavy atom. The topological polar surface area (TPSA) is 26.3 Å². The van der Waals surface area contributed by atoms with Crippen molar-refractivity contribution in [3.63, 3.8) is 0 Å². The van der Waals surface area contributed by atoms with E-state index in [2.05, 4.69) is 11.8 Å². The van der Waals surface area contributed by atoms with Crippen molar-refractivity contribution in [3.05, 3.63) is 77.4 Å². The molecule has 0 saturated heterocycles. The molecule has 0 aliphatic rings. The van der Waals surface area contributed by atoms with E-state index in [-0.39, 0.29) is 5.78 Å². The zero-order valence-electron chi connectivity index (χ0n) is 13.1. The number of carbonyl (C=O) groups is 1. The Morgan fingerprint density at radius 2 is 1.61 bits per heavy atom. The molecule has 0 atom stereocenters. The summed E-state index contributed by atoms with van der Waals surface area (Å²) in [5.41, 5.74) is 2.61. The highest BCUT2D eigenvalue weighted by molar-refractivity contribution is 6.11. The van der Waals surface area contributed by atoms with Crippen LogP contribution in [0.5, 0.6) is 5.75 Å². The Bertz CT molecular complexity index is 925. The molecule has 0 unspecified atom stereocenters. The van der Waals surface area contributed by atoms with Crippen molar-refractivity contribution in [3.8, 4) is 17.6 Å². The predicted molar refractivity (Wildman–Crippen MR) is 92.9 cm³/mol. The number of methoxy groups -OCH3 is 1. The number of hydrogen-bond acceptors (Lipinski definition) is 2. The second kappa shape index (κ2) is 6.37. The number of ketones is 1. The lowest BCUT2D eigenvalue weighted by Crippen LogP contribution is -1.95. The summed E-state index contributed by atoms with van der Waals surface area (Å²) in [6, 6.07) is 19.2. The number of rotatable bonds is 2. The Morgan fingerprint density at radius 3 is 2.35 bits per heavy atom. The van der Waals surface area contributed by atoms with E-state index >= 15 is 0 Å². The van der Waals surface area contributed by atoms with E-state index in [0.29, 0.717) is 5.56 Å². The molecule has 2 heteroatoms. The average molecular weight is 300 g/mol. The molecule has 0 aliphatic heterocycles. The van der Waals surface area contributed by atoms with Crippen LogP contribution in [0.4, 0.5) is 0 Å². The number of Topliss-reactive ketones (excluding diaryl/α,β-unsaturated/α-hetero) is 1. The van der Waals surface area contributed by atoms with Crippen LogP contribution in [-0.4, -0.2) is 12.9 Å². The fraction of sp³-hybridized carbons (Fsp3) is 0.0952. The molecule has 0 saturated carbocycles. The summed E-state index contributed by atoms with van der Waals surface area (Å²) in [6.07, 6.45) is 0. The normalized spacial score (nSPS) is 10.0. The van der Waals surface area contributed by atoms with Gasteiger partial charge in [0.2, 0.25) is 5.78 Å². The summed E-state index contributed by atoms with van der Waals surface area (Å²) >= 11 is 0. The Balaban J connectivity index is 1.88. The van der Waals surface area contributed by atoms with Crippen molar-refractivity contribution in [2.45, 2.75) is 6.92 Å². The van der Waals surface area contributed by atoms with Gasteiger partial charge in [0.25, 0.3) is 0 Å². The molecule has 0 radical (unpaired) electrons. The molecule has 0 heterocycles. The summed E-state index contributed by atoms with van der Waals surface area (Å²) in [5.74, 6) is 6.25. The highest BCUT2D eigenvalue weighted by Gasteiger charge is 2.04. The number of ether oxygens (including phenoxy) is 1. The fourth-order valence-corrected chi connectivity index (χ4v) is 2.33. The van der Waals surface area contributed by atoms with E-state index in [1.165, 1.54) is 5.56 Å². The molecular weight excluding hydrogens is 284 g/mol.